The summed E-state index contributed by atoms with van der Waals surface area (Å²) in [6.07, 6.45) is 1.83. The van der Waals surface area contributed by atoms with Crippen LogP contribution in [0.2, 0.25) is 0 Å². The van der Waals surface area contributed by atoms with E-state index >= 15 is 0 Å². The monoisotopic (exact) mass is 313 g/mol. The molecule has 0 saturated heterocycles. The van der Waals surface area contributed by atoms with Gasteiger partial charge in [0.2, 0.25) is 0 Å². The first-order valence-corrected chi connectivity index (χ1v) is 7.90. The van der Waals surface area contributed by atoms with E-state index in [2.05, 4.69) is 5.32 Å². The zero-order valence-corrected chi connectivity index (χ0v) is 13.4. The van der Waals surface area contributed by atoms with Crippen molar-refractivity contribution in [3.05, 3.63) is 35.6 Å². The van der Waals surface area contributed by atoms with Crippen molar-refractivity contribution in [2.75, 3.05) is 12.0 Å². The van der Waals surface area contributed by atoms with E-state index < -0.39 is 29.3 Å². The number of halogens is 1. The number of amides is 1. The van der Waals surface area contributed by atoms with Crippen LogP contribution in [0.25, 0.3) is 0 Å². The number of benzene rings is 1. The minimum Gasteiger partial charge on any atom is -0.458 e. The zero-order chi connectivity index (χ0) is 16.0. The Bertz CT molecular complexity index is 497. The number of rotatable bonds is 5. The van der Waals surface area contributed by atoms with Gasteiger partial charge in [0.1, 0.15) is 17.5 Å². The topological polar surface area (TPSA) is 55.4 Å². The van der Waals surface area contributed by atoms with Crippen LogP contribution in [0, 0.1) is 5.82 Å². The molecular formula is C15H20FNO3S. The van der Waals surface area contributed by atoms with E-state index in [9.17, 15) is 14.0 Å². The molecule has 1 N–H and O–H groups in total. The number of ether oxygens (including phenoxy) is 1. The lowest BCUT2D eigenvalue weighted by molar-refractivity contribution is -0.156. The molecule has 0 bridgehead atoms. The second-order valence-electron chi connectivity index (χ2n) is 5.52. The van der Waals surface area contributed by atoms with Crippen LogP contribution >= 0.6 is 11.8 Å². The number of carbonyl (C=O) groups excluding carboxylic acids is 2. The van der Waals surface area contributed by atoms with Gasteiger partial charge in [-0.2, -0.15) is 11.8 Å². The molecule has 21 heavy (non-hydrogen) atoms. The molecule has 0 heterocycles. The van der Waals surface area contributed by atoms with Crippen LogP contribution in [-0.4, -0.2) is 35.5 Å². The summed E-state index contributed by atoms with van der Waals surface area (Å²) < 4.78 is 18.1. The minimum absolute atomic E-state index is 0.297. The Morgan fingerprint density at radius 3 is 2.33 bits per heavy atom. The zero-order valence-electron chi connectivity index (χ0n) is 12.6. The molecular weight excluding hydrogens is 293 g/mol. The maximum atomic E-state index is 12.8. The van der Waals surface area contributed by atoms with Crippen LogP contribution in [0.3, 0.4) is 0 Å². The van der Waals surface area contributed by atoms with E-state index in [-0.39, 0.29) is 0 Å². The van der Waals surface area contributed by atoms with Crippen molar-refractivity contribution in [2.45, 2.75) is 32.4 Å². The molecule has 1 rings (SSSR count). The van der Waals surface area contributed by atoms with E-state index in [0.717, 1.165) is 0 Å². The quantitative estimate of drug-likeness (QED) is 0.849. The van der Waals surface area contributed by atoms with Gasteiger partial charge in [-0.3, -0.25) is 4.79 Å². The molecule has 0 aliphatic rings. The Kier molecular flexibility index (Phi) is 6.20. The first-order valence-electron chi connectivity index (χ1n) is 6.51. The molecule has 1 amide bonds. The third-order valence-corrected chi connectivity index (χ3v) is 3.10. The van der Waals surface area contributed by atoms with Gasteiger partial charge in [-0.25, -0.2) is 9.18 Å². The Morgan fingerprint density at radius 1 is 1.29 bits per heavy atom. The molecule has 1 aromatic carbocycles. The lowest BCUT2D eigenvalue weighted by atomic mass is 10.1. The number of nitrogens with one attached hydrogen (secondary N) is 1. The average molecular weight is 313 g/mol. The summed E-state index contributed by atoms with van der Waals surface area (Å²) in [4.78, 5) is 24.1. The number of esters is 1. The van der Waals surface area contributed by atoms with Crippen molar-refractivity contribution >= 4 is 23.6 Å². The van der Waals surface area contributed by atoms with Crippen LogP contribution in [0.1, 0.15) is 31.1 Å². The van der Waals surface area contributed by atoms with E-state index in [4.69, 9.17) is 4.74 Å². The summed E-state index contributed by atoms with van der Waals surface area (Å²) in [6, 6.07) is 4.40. The van der Waals surface area contributed by atoms with Crippen LogP contribution < -0.4 is 5.32 Å². The van der Waals surface area contributed by atoms with Crippen LogP contribution in [-0.2, 0) is 9.53 Å². The van der Waals surface area contributed by atoms with Gasteiger partial charge in [0.05, 0.1) is 0 Å². The molecule has 1 aromatic rings. The fourth-order valence-corrected chi connectivity index (χ4v) is 2.10. The number of thioether (sulfide) groups is 1. The molecule has 4 nitrogen and oxygen atoms in total. The van der Waals surface area contributed by atoms with Gasteiger partial charge < -0.3 is 10.1 Å². The fraction of sp³-hybridized carbons (Fsp3) is 0.467. The largest absolute Gasteiger partial charge is 0.458 e. The Balaban J connectivity index is 2.75. The maximum Gasteiger partial charge on any atom is 0.330 e. The number of hydrogen-bond acceptors (Lipinski definition) is 4. The van der Waals surface area contributed by atoms with E-state index in [1.807, 2.05) is 6.26 Å². The van der Waals surface area contributed by atoms with E-state index in [1.54, 1.807) is 20.8 Å². The fourth-order valence-electron chi connectivity index (χ4n) is 1.55. The van der Waals surface area contributed by atoms with Gasteiger partial charge in [-0.05, 0) is 51.3 Å². The summed E-state index contributed by atoms with van der Waals surface area (Å²) >= 11 is 1.43. The van der Waals surface area contributed by atoms with Crippen molar-refractivity contribution in [2.24, 2.45) is 0 Å². The maximum absolute atomic E-state index is 12.8. The standard InChI is InChI=1S/C15H20FNO3S/c1-15(2,3)20-14(19)12(9-21-4)17-13(18)10-5-7-11(16)8-6-10/h5-8,12H,9H2,1-4H3,(H,17,18)/t12-/m0/s1. The lowest BCUT2D eigenvalue weighted by Gasteiger charge is -2.24. The normalized spacial score (nSPS) is 12.6. The van der Waals surface area contributed by atoms with E-state index in [0.29, 0.717) is 11.3 Å². The summed E-state index contributed by atoms with van der Waals surface area (Å²) in [5.74, 6) is -0.923. The Morgan fingerprint density at radius 2 is 1.86 bits per heavy atom. The molecule has 0 saturated carbocycles. The van der Waals surface area contributed by atoms with Gasteiger partial charge in [-0.1, -0.05) is 0 Å². The summed E-state index contributed by atoms with van der Waals surface area (Å²) in [6.45, 7) is 5.30. The van der Waals surface area contributed by atoms with Crippen molar-refractivity contribution < 1.29 is 18.7 Å². The van der Waals surface area contributed by atoms with Crippen LogP contribution in [0.4, 0.5) is 4.39 Å². The van der Waals surface area contributed by atoms with E-state index in [1.165, 1.54) is 36.0 Å². The second kappa shape index (κ2) is 7.45. The predicted molar refractivity (Wildman–Crippen MR) is 81.9 cm³/mol. The van der Waals surface area contributed by atoms with Gasteiger partial charge in [0, 0.05) is 11.3 Å². The first-order chi connectivity index (χ1) is 9.73. The highest BCUT2D eigenvalue weighted by Crippen LogP contribution is 2.11. The molecule has 0 aliphatic heterocycles. The van der Waals surface area contributed by atoms with Gasteiger partial charge >= 0.3 is 5.97 Å². The summed E-state index contributed by atoms with van der Waals surface area (Å²) in [7, 11) is 0. The van der Waals surface area contributed by atoms with Crippen LogP contribution in [0.5, 0.6) is 0 Å². The lowest BCUT2D eigenvalue weighted by Crippen LogP contribution is -2.45. The summed E-state index contributed by atoms with van der Waals surface area (Å²) in [5.41, 5.74) is -0.319. The summed E-state index contributed by atoms with van der Waals surface area (Å²) in [5, 5.41) is 2.62. The second-order valence-corrected chi connectivity index (χ2v) is 6.43. The molecule has 0 unspecified atom stereocenters. The molecule has 6 heteroatoms. The van der Waals surface area contributed by atoms with Crippen molar-refractivity contribution in [3.63, 3.8) is 0 Å². The van der Waals surface area contributed by atoms with Crippen molar-refractivity contribution in [1.29, 1.82) is 0 Å². The molecule has 1 atom stereocenters. The highest BCUT2D eigenvalue weighted by molar-refractivity contribution is 7.98. The number of hydrogen-bond donors (Lipinski definition) is 1. The predicted octanol–water partition coefficient (Wildman–Crippen LogP) is 2.63. The highest BCUT2D eigenvalue weighted by Gasteiger charge is 2.26. The van der Waals surface area contributed by atoms with Gasteiger partial charge in [0.25, 0.3) is 5.91 Å². The third kappa shape index (κ3) is 6.16. The Hall–Kier alpha value is -1.56. The van der Waals surface area contributed by atoms with Gasteiger partial charge in [0.15, 0.2) is 0 Å². The smallest absolute Gasteiger partial charge is 0.330 e. The molecule has 0 spiro atoms. The molecule has 0 aromatic heterocycles. The molecule has 0 fully saturated rings. The SMILES string of the molecule is CSC[C@H](NC(=O)c1ccc(F)cc1)C(=O)OC(C)(C)C. The van der Waals surface area contributed by atoms with Gasteiger partial charge in [-0.15, -0.1) is 0 Å². The first kappa shape index (κ1) is 17.5. The van der Waals surface area contributed by atoms with Crippen molar-refractivity contribution in [3.8, 4) is 0 Å². The average Bonchev–Trinajstić information content (AvgIpc) is 2.36. The van der Waals surface area contributed by atoms with Crippen LogP contribution in [0.15, 0.2) is 24.3 Å². The molecule has 0 aliphatic carbocycles. The third-order valence-electron chi connectivity index (χ3n) is 2.44. The molecule has 116 valence electrons. The number of carbonyl (C=O) groups is 2. The molecule has 0 radical (unpaired) electrons. The van der Waals surface area contributed by atoms with Crippen molar-refractivity contribution in [1.82, 2.24) is 5.32 Å². The minimum atomic E-state index is -0.739. The highest BCUT2D eigenvalue weighted by atomic mass is 32.2. The Labute approximate surface area is 128 Å².